The largest absolute Gasteiger partial charge is 0.457 e. The number of alkyl halides is 3. The molecule has 0 unspecified atom stereocenters. The maximum Gasteiger partial charge on any atom is 0.417 e. The van der Waals surface area contributed by atoms with Gasteiger partial charge in [0.05, 0.1) is 22.6 Å². The number of hydrogen-bond donors (Lipinski definition) is 3. The molecule has 4 rings (SSSR count). The Kier molecular flexibility index (Phi) is 8.38. The standard InChI is InChI=1S/C24H19ClF3N7O2S/c25-20-10-9-16(12-19(20)24(26,27)28)31-21(36)14-38-23-34-33-22(35(23)29)32-30-13-15-5-4-8-18(11-15)37-17-6-2-1-3-7-17/h1-13H,14,29H2,(H,31,36)(H,32,33)/b30-13+. The van der Waals surface area contributed by atoms with Crippen molar-refractivity contribution in [3.8, 4) is 11.5 Å². The number of carbonyl (C=O) groups is 1. The molecule has 14 heteroatoms. The van der Waals surface area contributed by atoms with Crippen LogP contribution in [0.1, 0.15) is 11.1 Å². The number of carbonyl (C=O) groups excluding carboxylic acids is 1. The Bertz CT molecular complexity index is 1450. The first-order valence-electron chi connectivity index (χ1n) is 10.8. The molecule has 3 aromatic carbocycles. The van der Waals surface area contributed by atoms with Crippen LogP contribution in [0.2, 0.25) is 5.02 Å². The Morgan fingerprint density at radius 3 is 2.61 bits per heavy atom. The van der Waals surface area contributed by atoms with E-state index in [4.69, 9.17) is 22.2 Å². The first-order chi connectivity index (χ1) is 18.2. The first-order valence-corrected chi connectivity index (χ1v) is 12.2. The van der Waals surface area contributed by atoms with Gasteiger partial charge in [0.15, 0.2) is 0 Å². The Hall–Kier alpha value is -4.23. The number of nitrogen functional groups attached to an aromatic ring is 1. The normalized spacial score (nSPS) is 11.5. The molecule has 0 fully saturated rings. The fraction of sp³-hybridized carbons (Fsp3) is 0.0833. The SMILES string of the molecule is Nn1c(N/N=C/c2cccc(Oc3ccccc3)c2)nnc1SCC(=O)Nc1ccc(Cl)c(C(F)(F)F)c1. The molecular formula is C24H19ClF3N7O2S. The van der Waals surface area contributed by atoms with E-state index >= 15 is 0 Å². The Balaban J connectivity index is 1.31. The summed E-state index contributed by atoms with van der Waals surface area (Å²) in [6.45, 7) is 0. The zero-order valence-corrected chi connectivity index (χ0v) is 20.9. The van der Waals surface area contributed by atoms with E-state index in [-0.39, 0.29) is 22.5 Å². The molecule has 0 saturated carbocycles. The number of thioether (sulfide) groups is 1. The number of rotatable bonds is 9. The van der Waals surface area contributed by atoms with Gasteiger partial charge in [0.2, 0.25) is 11.1 Å². The maximum atomic E-state index is 13.0. The van der Waals surface area contributed by atoms with E-state index in [1.807, 2.05) is 48.5 Å². The summed E-state index contributed by atoms with van der Waals surface area (Å²) >= 11 is 6.53. The Morgan fingerprint density at radius 1 is 1.08 bits per heavy atom. The molecule has 4 N–H and O–H groups in total. The summed E-state index contributed by atoms with van der Waals surface area (Å²) in [5.41, 5.74) is 2.32. The number of nitrogens with zero attached hydrogens (tertiary/aromatic N) is 4. The number of amides is 1. The van der Waals surface area contributed by atoms with Crippen LogP contribution in [0.5, 0.6) is 11.5 Å². The third kappa shape index (κ3) is 7.17. The molecule has 0 atom stereocenters. The lowest BCUT2D eigenvalue weighted by atomic mass is 10.2. The van der Waals surface area contributed by atoms with E-state index in [1.54, 1.807) is 6.07 Å². The molecule has 9 nitrogen and oxygen atoms in total. The molecule has 0 aliphatic carbocycles. The Labute approximate surface area is 223 Å². The lowest BCUT2D eigenvalue weighted by molar-refractivity contribution is -0.137. The van der Waals surface area contributed by atoms with Gasteiger partial charge < -0.3 is 15.9 Å². The summed E-state index contributed by atoms with van der Waals surface area (Å²) in [5.74, 6) is 6.64. The molecule has 0 aliphatic rings. The van der Waals surface area contributed by atoms with Crippen molar-refractivity contribution in [2.24, 2.45) is 5.10 Å². The summed E-state index contributed by atoms with van der Waals surface area (Å²) < 4.78 is 45.9. The monoisotopic (exact) mass is 561 g/mol. The minimum absolute atomic E-state index is 0.0449. The molecule has 0 saturated heterocycles. The molecule has 196 valence electrons. The molecule has 0 aliphatic heterocycles. The van der Waals surface area contributed by atoms with E-state index in [0.717, 1.165) is 34.1 Å². The summed E-state index contributed by atoms with van der Waals surface area (Å²) in [6.07, 6.45) is -3.11. The van der Waals surface area contributed by atoms with Crippen LogP contribution >= 0.6 is 23.4 Å². The highest BCUT2D eigenvalue weighted by Gasteiger charge is 2.33. The van der Waals surface area contributed by atoms with Gasteiger partial charge in [-0.05, 0) is 48.0 Å². The van der Waals surface area contributed by atoms with Gasteiger partial charge in [0, 0.05) is 5.69 Å². The molecule has 1 aromatic heterocycles. The van der Waals surface area contributed by atoms with Gasteiger partial charge in [-0.25, -0.2) is 10.1 Å². The van der Waals surface area contributed by atoms with Gasteiger partial charge in [0.1, 0.15) is 11.5 Å². The van der Waals surface area contributed by atoms with Crippen LogP contribution in [0.25, 0.3) is 0 Å². The van der Waals surface area contributed by atoms with Crippen molar-refractivity contribution in [2.75, 3.05) is 22.3 Å². The number of aromatic nitrogens is 3. The van der Waals surface area contributed by atoms with E-state index in [1.165, 1.54) is 12.3 Å². The lowest BCUT2D eigenvalue weighted by Crippen LogP contribution is -2.17. The molecular weight excluding hydrogens is 543 g/mol. The van der Waals surface area contributed by atoms with E-state index in [9.17, 15) is 18.0 Å². The molecule has 1 amide bonds. The fourth-order valence-corrected chi connectivity index (χ4v) is 3.93. The van der Waals surface area contributed by atoms with Crippen LogP contribution in [0, 0.1) is 0 Å². The van der Waals surface area contributed by atoms with Gasteiger partial charge in [-0.15, -0.1) is 10.2 Å². The van der Waals surface area contributed by atoms with E-state index in [0.29, 0.717) is 11.5 Å². The fourth-order valence-electron chi connectivity index (χ4n) is 3.05. The molecule has 0 radical (unpaired) electrons. The molecule has 38 heavy (non-hydrogen) atoms. The summed E-state index contributed by atoms with van der Waals surface area (Å²) in [4.78, 5) is 12.2. The van der Waals surface area contributed by atoms with Gasteiger partial charge in [-0.2, -0.15) is 18.3 Å². The van der Waals surface area contributed by atoms with Crippen molar-refractivity contribution in [1.82, 2.24) is 14.9 Å². The molecule has 0 bridgehead atoms. The minimum atomic E-state index is -4.65. The van der Waals surface area contributed by atoms with Crippen molar-refractivity contribution in [2.45, 2.75) is 11.3 Å². The first kappa shape index (κ1) is 26.8. The third-order valence-electron chi connectivity index (χ3n) is 4.77. The van der Waals surface area contributed by atoms with Gasteiger partial charge >= 0.3 is 6.18 Å². The number of benzene rings is 3. The number of hydrogen-bond acceptors (Lipinski definition) is 8. The number of nitrogens with one attached hydrogen (secondary N) is 2. The highest BCUT2D eigenvalue weighted by Crippen LogP contribution is 2.36. The van der Waals surface area contributed by atoms with Crippen LogP contribution in [0.3, 0.4) is 0 Å². The smallest absolute Gasteiger partial charge is 0.417 e. The zero-order chi connectivity index (χ0) is 27.1. The highest BCUT2D eigenvalue weighted by atomic mass is 35.5. The molecule has 0 spiro atoms. The Morgan fingerprint density at radius 2 is 1.84 bits per heavy atom. The third-order valence-corrected chi connectivity index (χ3v) is 6.04. The van der Waals surface area contributed by atoms with Crippen LogP contribution in [-0.2, 0) is 11.0 Å². The van der Waals surface area contributed by atoms with Crippen LogP contribution in [-0.4, -0.2) is 32.7 Å². The average molecular weight is 562 g/mol. The van der Waals surface area contributed by atoms with Crippen LogP contribution in [0.15, 0.2) is 83.1 Å². The van der Waals surface area contributed by atoms with Crippen molar-refractivity contribution >= 4 is 47.1 Å². The van der Waals surface area contributed by atoms with Crippen molar-refractivity contribution in [3.63, 3.8) is 0 Å². The summed E-state index contributed by atoms with van der Waals surface area (Å²) in [6, 6.07) is 19.7. The van der Waals surface area contributed by atoms with Gasteiger partial charge in [0.25, 0.3) is 5.95 Å². The van der Waals surface area contributed by atoms with Crippen molar-refractivity contribution in [1.29, 1.82) is 0 Å². The lowest BCUT2D eigenvalue weighted by Gasteiger charge is -2.11. The number of para-hydroxylation sites is 1. The summed E-state index contributed by atoms with van der Waals surface area (Å²) in [7, 11) is 0. The van der Waals surface area contributed by atoms with E-state index < -0.39 is 22.7 Å². The van der Waals surface area contributed by atoms with Crippen molar-refractivity contribution < 1.29 is 22.7 Å². The summed E-state index contributed by atoms with van der Waals surface area (Å²) in [5, 5.41) is 14.0. The number of hydrazone groups is 1. The number of nitrogens with two attached hydrogens (primary N) is 1. The molecule has 1 heterocycles. The van der Waals surface area contributed by atoms with E-state index in [2.05, 4.69) is 26.0 Å². The minimum Gasteiger partial charge on any atom is -0.457 e. The average Bonchev–Trinajstić information content (AvgIpc) is 3.23. The van der Waals surface area contributed by atoms with Crippen LogP contribution in [0.4, 0.5) is 24.8 Å². The maximum absolute atomic E-state index is 13.0. The number of anilines is 2. The number of ether oxygens (including phenoxy) is 1. The topological polar surface area (TPSA) is 119 Å². The highest BCUT2D eigenvalue weighted by molar-refractivity contribution is 7.99. The number of halogens is 4. The van der Waals surface area contributed by atoms with Gasteiger partial charge in [-0.3, -0.25) is 4.79 Å². The second-order valence-corrected chi connectivity index (χ2v) is 8.91. The van der Waals surface area contributed by atoms with Crippen molar-refractivity contribution in [3.05, 3.63) is 88.9 Å². The predicted molar refractivity (Wildman–Crippen MR) is 140 cm³/mol. The second kappa shape index (κ2) is 11.9. The van der Waals surface area contributed by atoms with Gasteiger partial charge in [-0.1, -0.05) is 53.7 Å². The quantitative estimate of drug-likeness (QED) is 0.105. The van der Waals surface area contributed by atoms with Crippen LogP contribution < -0.4 is 21.3 Å². The second-order valence-electron chi connectivity index (χ2n) is 7.56. The predicted octanol–water partition coefficient (Wildman–Crippen LogP) is 5.63. The zero-order valence-electron chi connectivity index (χ0n) is 19.3. The molecule has 4 aromatic rings.